The van der Waals surface area contributed by atoms with Crippen LogP contribution in [-0.4, -0.2) is 15.7 Å². The lowest BCUT2D eigenvalue weighted by Gasteiger charge is -2.07. The zero-order valence-electron chi connectivity index (χ0n) is 11.3. The van der Waals surface area contributed by atoms with Crippen molar-refractivity contribution in [3.8, 4) is 0 Å². The molecule has 1 amide bonds. The highest BCUT2D eigenvalue weighted by atomic mass is 19.4. The number of carbonyl (C=O) groups is 1. The number of halogens is 3. The van der Waals surface area contributed by atoms with Crippen LogP contribution in [-0.2, 0) is 24.4 Å². The number of nitrogens with zero attached hydrogens (tertiary/aromatic N) is 2. The molecule has 0 saturated heterocycles. The molecule has 0 saturated carbocycles. The number of alkyl halides is 3. The molecule has 1 aromatic carbocycles. The summed E-state index contributed by atoms with van der Waals surface area (Å²) in [5, 5.41) is 6.62. The van der Waals surface area contributed by atoms with E-state index < -0.39 is 11.7 Å². The van der Waals surface area contributed by atoms with Crippen LogP contribution in [0, 0.1) is 0 Å². The van der Waals surface area contributed by atoms with Crippen LogP contribution in [0.5, 0.6) is 0 Å². The summed E-state index contributed by atoms with van der Waals surface area (Å²) in [5.74, 6) is 0.225. The molecule has 2 aromatic rings. The third-order valence-corrected chi connectivity index (χ3v) is 2.90. The Morgan fingerprint density at radius 1 is 1.24 bits per heavy atom. The number of rotatable bonds is 4. The molecular weight excluding hydrogens is 283 g/mol. The number of nitrogens with one attached hydrogen (secondary N) is 1. The predicted octanol–water partition coefficient (Wildman–Crippen LogP) is 3.01. The van der Waals surface area contributed by atoms with Gasteiger partial charge in [0.1, 0.15) is 0 Å². The van der Waals surface area contributed by atoms with Crippen LogP contribution in [0.3, 0.4) is 0 Å². The lowest BCUT2D eigenvalue weighted by atomic mass is 10.1. The quantitative estimate of drug-likeness (QED) is 0.943. The Bertz CT molecular complexity index is 617. The van der Waals surface area contributed by atoms with Crippen LogP contribution in [0.4, 0.5) is 19.0 Å². The molecule has 0 atom stereocenters. The van der Waals surface area contributed by atoms with Crippen LogP contribution in [0.2, 0.25) is 0 Å². The molecule has 0 bridgehead atoms. The monoisotopic (exact) mass is 297 g/mol. The Morgan fingerprint density at radius 2 is 1.90 bits per heavy atom. The van der Waals surface area contributed by atoms with Crippen molar-refractivity contribution >= 4 is 11.7 Å². The van der Waals surface area contributed by atoms with Crippen molar-refractivity contribution in [1.29, 1.82) is 0 Å². The van der Waals surface area contributed by atoms with Gasteiger partial charge in [-0.15, -0.1) is 0 Å². The van der Waals surface area contributed by atoms with Crippen molar-refractivity contribution in [1.82, 2.24) is 9.78 Å². The Kier molecular flexibility index (Phi) is 4.30. The number of anilines is 1. The van der Waals surface area contributed by atoms with E-state index >= 15 is 0 Å². The van der Waals surface area contributed by atoms with Gasteiger partial charge >= 0.3 is 6.18 Å². The van der Waals surface area contributed by atoms with Crippen LogP contribution < -0.4 is 5.32 Å². The average Bonchev–Trinajstić information content (AvgIpc) is 2.81. The van der Waals surface area contributed by atoms with Crippen molar-refractivity contribution in [2.75, 3.05) is 5.32 Å². The van der Waals surface area contributed by atoms with Crippen LogP contribution >= 0.6 is 0 Å². The molecule has 2 rings (SSSR count). The number of carbonyl (C=O) groups excluding carboxylic acids is 1. The molecule has 1 heterocycles. The van der Waals surface area contributed by atoms with E-state index in [1.54, 1.807) is 24.0 Å². The van der Waals surface area contributed by atoms with E-state index in [0.29, 0.717) is 17.8 Å². The van der Waals surface area contributed by atoms with Crippen LogP contribution in [0.15, 0.2) is 36.5 Å². The summed E-state index contributed by atoms with van der Waals surface area (Å²) < 4.78 is 38.8. The molecular formula is C14H14F3N3O. The standard InChI is InChI=1S/C14H14F3N3O/c1-20-9-8-12(19-20)18-13(21)7-4-10-2-5-11(6-3-10)14(15,16)17/h2-3,5-6,8-9H,4,7H2,1H3,(H,18,19,21). The van der Waals surface area contributed by atoms with E-state index in [0.717, 1.165) is 12.1 Å². The molecule has 0 aliphatic carbocycles. The van der Waals surface area contributed by atoms with Gasteiger partial charge in [-0.1, -0.05) is 12.1 Å². The first-order valence-corrected chi connectivity index (χ1v) is 6.30. The summed E-state index contributed by atoms with van der Waals surface area (Å²) in [6.45, 7) is 0. The Morgan fingerprint density at radius 3 is 2.43 bits per heavy atom. The van der Waals surface area contributed by atoms with Gasteiger partial charge in [0.15, 0.2) is 5.82 Å². The van der Waals surface area contributed by atoms with Crippen molar-refractivity contribution < 1.29 is 18.0 Å². The molecule has 4 nitrogen and oxygen atoms in total. The second kappa shape index (κ2) is 5.99. The fourth-order valence-corrected chi connectivity index (χ4v) is 1.81. The van der Waals surface area contributed by atoms with Gasteiger partial charge in [0.05, 0.1) is 5.56 Å². The molecule has 1 N–H and O–H groups in total. The Balaban J connectivity index is 1.86. The van der Waals surface area contributed by atoms with Gasteiger partial charge in [-0.2, -0.15) is 18.3 Å². The van der Waals surface area contributed by atoms with Gasteiger partial charge in [0, 0.05) is 25.7 Å². The zero-order valence-corrected chi connectivity index (χ0v) is 11.3. The number of benzene rings is 1. The normalized spacial score (nSPS) is 11.4. The highest BCUT2D eigenvalue weighted by molar-refractivity contribution is 5.89. The maximum absolute atomic E-state index is 12.4. The Labute approximate surface area is 119 Å². The zero-order chi connectivity index (χ0) is 15.5. The van der Waals surface area contributed by atoms with E-state index in [4.69, 9.17) is 0 Å². The predicted molar refractivity (Wildman–Crippen MR) is 71.6 cm³/mol. The lowest BCUT2D eigenvalue weighted by molar-refractivity contribution is -0.137. The summed E-state index contributed by atoms with van der Waals surface area (Å²) in [4.78, 5) is 11.7. The van der Waals surface area contributed by atoms with E-state index in [1.807, 2.05) is 0 Å². The van der Waals surface area contributed by atoms with Gasteiger partial charge in [0.25, 0.3) is 0 Å². The third kappa shape index (κ3) is 4.34. The van der Waals surface area contributed by atoms with E-state index in [-0.39, 0.29) is 12.3 Å². The molecule has 0 radical (unpaired) electrons. The minimum Gasteiger partial charge on any atom is -0.309 e. The molecule has 21 heavy (non-hydrogen) atoms. The summed E-state index contributed by atoms with van der Waals surface area (Å²) in [7, 11) is 1.73. The maximum atomic E-state index is 12.4. The summed E-state index contributed by atoms with van der Waals surface area (Å²) in [6, 6.07) is 6.47. The van der Waals surface area contributed by atoms with E-state index in [9.17, 15) is 18.0 Å². The molecule has 0 fully saturated rings. The van der Waals surface area contributed by atoms with Gasteiger partial charge in [0.2, 0.25) is 5.91 Å². The number of hydrogen-bond acceptors (Lipinski definition) is 2. The minimum atomic E-state index is -4.34. The summed E-state index contributed by atoms with van der Waals surface area (Å²) in [5.41, 5.74) is -0.0108. The smallest absolute Gasteiger partial charge is 0.309 e. The topological polar surface area (TPSA) is 46.9 Å². The average molecular weight is 297 g/mol. The fraction of sp³-hybridized carbons (Fsp3) is 0.286. The van der Waals surface area contributed by atoms with Gasteiger partial charge in [-0.05, 0) is 24.1 Å². The highest BCUT2D eigenvalue weighted by Crippen LogP contribution is 2.29. The summed E-state index contributed by atoms with van der Waals surface area (Å²) >= 11 is 0. The molecule has 0 aliphatic rings. The maximum Gasteiger partial charge on any atom is 0.416 e. The van der Waals surface area contributed by atoms with Crippen molar-refractivity contribution in [3.63, 3.8) is 0 Å². The highest BCUT2D eigenvalue weighted by Gasteiger charge is 2.29. The molecule has 0 spiro atoms. The first kappa shape index (κ1) is 15.1. The Hall–Kier alpha value is -2.31. The first-order chi connectivity index (χ1) is 9.84. The molecule has 112 valence electrons. The largest absolute Gasteiger partial charge is 0.416 e. The van der Waals surface area contributed by atoms with Crippen LogP contribution in [0.1, 0.15) is 17.5 Å². The van der Waals surface area contributed by atoms with Crippen molar-refractivity contribution in [2.24, 2.45) is 7.05 Å². The molecule has 1 aromatic heterocycles. The number of amides is 1. The van der Waals surface area contributed by atoms with E-state index in [1.165, 1.54) is 12.1 Å². The number of aromatic nitrogens is 2. The molecule has 0 aliphatic heterocycles. The fourth-order valence-electron chi connectivity index (χ4n) is 1.81. The second-order valence-electron chi connectivity index (χ2n) is 4.62. The summed E-state index contributed by atoms with van der Waals surface area (Å²) in [6.07, 6.45) is -2.08. The minimum absolute atomic E-state index is 0.182. The third-order valence-electron chi connectivity index (χ3n) is 2.90. The van der Waals surface area contributed by atoms with Gasteiger partial charge < -0.3 is 5.32 Å². The van der Waals surface area contributed by atoms with Gasteiger partial charge in [-0.3, -0.25) is 9.48 Å². The van der Waals surface area contributed by atoms with E-state index in [2.05, 4.69) is 10.4 Å². The second-order valence-corrected chi connectivity index (χ2v) is 4.62. The van der Waals surface area contributed by atoms with Crippen LogP contribution in [0.25, 0.3) is 0 Å². The van der Waals surface area contributed by atoms with Crippen molar-refractivity contribution in [2.45, 2.75) is 19.0 Å². The number of aryl methyl sites for hydroxylation is 2. The molecule has 7 heteroatoms. The van der Waals surface area contributed by atoms with Gasteiger partial charge in [-0.25, -0.2) is 0 Å². The SMILES string of the molecule is Cn1ccc(NC(=O)CCc2ccc(C(F)(F)F)cc2)n1. The number of hydrogen-bond donors (Lipinski definition) is 1. The first-order valence-electron chi connectivity index (χ1n) is 6.30. The molecule has 0 unspecified atom stereocenters. The lowest BCUT2D eigenvalue weighted by Crippen LogP contribution is -2.13. The van der Waals surface area contributed by atoms with Crippen molar-refractivity contribution in [3.05, 3.63) is 47.7 Å².